The lowest BCUT2D eigenvalue weighted by atomic mass is 10.1. The van der Waals surface area contributed by atoms with Gasteiger partial charge < -0.3 is 5.32 Å². The van der Waals surface area contributed by atoms with E-state index in [-0.39, 0.29) is 5.56 Å². The fourth-order valence-corrected chi connectivity index (χ4v) is 2.79. The first kappa shape index (κ1) is 17.4. The van der Waals surface area contributed by atoms with Crippen molar-refractivity contribution in [2.45, 2.75) is 6.92 Å². The van der Waals surface area contributed by atoms with E-state index >= 15 is 0 Å². The zero-order chi connectivity index (χ0) is 19.5. The molecule has 3 aromatic rings. The third-order valence-electron chi connectivity index (χ3n) is 4.22. The Kier molecular flexibility index (Phi) is 4.56. The molecule has 8 heteroatoms. The van der Waals surface area contributed by atoms with Gasteiger partial charge in [0, 0.05) is 17.4 Å². The van der Waals surface area contributed by atoms with Crippen LogP contribution in [0.25, 0.3) is 11.3 Å². The topological polar surface area (TPSA) is 89.2 Å². The maximum Gasteiger partial charge on any atom is 0.227 e. The maximum absolute atomic E-state index is 13.5. The summed E-state index contributed by atoms with van der Waals surface area (Å²) in [7, 11) is 0. The largest absolute Gasteiger partial charge is 0.324 e. The summed E-state index contributed by atoms with van der Waals surface area (Å²) in [4.78, 5) is 13.0. The molecule has 2 heterocycles. The van der Waals surface area contributed by atoms with Crippen LogP contribution in [-0.2, 0) is 0 Å². The lowest BCUT2D eigenvalue weighted by Crippen LogP contribution is -2.34. The van der Waals surface area contributed by atoms with Crippen LogP contribution in [0.5, 0.6) is 0 Å². The van der Waals surface area contributed by atoms with E-state index in [1.54, 1.807) is 18.3 Å². The van der Waals surface area contributed by atoms with Gasteiger partial charge >= 0.3 is 0 Å². The van der Waals surface area contributed by atoms with Crippen molar-refractivity contribution >= 4 is 23.2 Å². The number of halogens is 1. The summed E-state index contributed by atoms with van der Waals surface area (Å²) in [5, 5.41) is 14.1. The van der Waals surface area contributed by atoms with E-state index in [1.165, 1.54) is 12.1 Å². The van der Waals surface area contributed by atoms with Crippen molar-refractivity contribution in [3.8, 4) is 17.3 Å². The Labute approximate surface area is 161 Å². The molecule has 0 aliphatic carbocycles. The Morgan fingerprint density at radius 2 is 2.00 bits per heavy atom. The smallest absolute Gasteiger partial charge is 0.227 e. The number of benzene rings is 2. The number of rotatable bonds is 4. The van der Waals surface area contributed by atoms with Gasteiger partial charge in [-0.2, -0.15) is 5.26 Å². The van der Waals surface area contributed by atoms with Gasteiger partial charge in [-0.15, -0.1) is 0 Å². The molecule has 4 rings (SSSR count). The monoisotopic (exact) mass is 373 g/mol. The first-order valence-corrected chi connectivity index (χ1v) is 8.58. The molecular weight excluding hydrogens is 357 g/mol. The highest BCUT2D eigenvalue weighted by atomic mass is 19.1. The highest BCUT2D eigenvalue weighted by Gasteiger charge is 2.12. The third kappa shape index (κ3) is 3.59. The summed E-state index contributed by atoms with van der Waals surface area (Å²) in [6.07, 6.45) is 1.61. The minimum absolute atomic E-state index is 0.0176. The Balaban J connectivity index is 1.52. The molecule has 2 N–H and O–H groups in total. The summed E-state index contributed by atoms with van der Waals surface area (Å²) in [5.74, 6) is 0.742. The molecule has 138 valence electrons. The first-order valence-electron chi connectivity index (χ1n) is 8.58. The van der Waals surface area contributed by atoms with Crippen molar-refractivity contribution in [2.75, 3.05) is 17.0 Å². The minimum Gasteiger partial charge on any atom is -0.324 e. The molecule has 0 bridgehead atoms. The quantitative estimate of drug-likeness (QED) is 0.726. The maximum atomic E-state index is 13.5. The lowest BCUT2D eigenvalue weighted by Gasteiger charge is -2.18. The van der Waals surface area contributed by atoms with Gasteiger partial charge in [0.05, 0.1) is 16.9 Å². The van der Waals surface area contributed by atoms with Gasteiger partial charge in [0.25, 0.3) is 0 Å². The van der Waals surface area contributed by atoms with Crippen molar-refractivity contribution in [1.29, 1.82) is 5.26 Å². The van der Waals surface area contributed by atoms with Crippen LogP contribution >= 0.6 is 0 Å². The third-order valence-corrected chi connectivity index (χ3v) is 4.22. The second-order valence-corrected chi connectivity index (χ2v) is 6.17. The summed E-state index contributed by atoms with van der Waals surface area (Å²) in [6, 6.07) is 15.7. The average molecular weight is 373 g/mol. The van der Waals surface area contributed by atoms with E-state index in [9.17, 15) is 4.39 Å². The van der Waals surface area contributed by atoms with Crippen LogP contribution in [0.2, 0.25) is 0 Å². The lowest BCUT2D eigenvalue weighted by molar-refractivity contribution is 0.624. The number of aliphatic imine (C=N–C) groups is 1. The van der Waals surface area contributed by atoms with Crippen molar-refractivity contribution in [2.24, 2.45) is 4.99 Å². The van der Waals surface area contributed by atoms with Crippen molar-refractivity contribution in [3.63, 3.8) is 0 Å². The second kappa shape index (κ2) is 7.32. The Morgan fingerprint density at radius 1 is 1.18 bits per heavy atom. The second-order valence-electron chi connectivity index (χ2n) is 6.17. The number of nitriles is 1. The Hall–Kier alpha value is -3.99. The normalized spacial score (nSPS) is 12.9. The fraction of sp³-hybridized carbons (Fsp3) is 0.100. The first-order chi connectivity index (χ1) is 13.6. The summed E-state index contributed by atoms with van der Waals surface area (Å²) in [5.41, 5.74) is 6.22. The highest BCUT2D eigenvalue weighted by Crippen LogP contribution is 2.23. The van der Waals surface area contributed by atoms with E-state index < -0.39 is 5.82 Å². The van der Waals surface area contributed by atoms with Crippen LogP contribution in [-0.4, -0.2) is 22.5 Å². The van der Waals surface area contributed by atoms with E-state index in [0.29, 0.717) is 23.9 Å². The number of hydrazine groups is 1. The van der Waals surface area contributed by atoms with E-state index in [0.717, 1.165) is 17.2 Å². The predicted octanol–water partition coefficient (Wildman–Crippen LogP) is 3.60. The van der Waals surface area contributed by atoms with Gasteiger partial charge in [-0.3, -0.25) is 10.4 Å². The van der Waals surface area contributed by atoms with Crippen LogP contribution < -0.4 is 15.8 Å². The molecule has 0 atom stereocenters. The summed E-state index contributed by atoms with van der Waals surface area (Å²) in [6.45, 7) is 2.49. The number of hydrogen-bond donors (Lipinski definition) is 2. The number of amidine groups is 1. The summed E-state index contributed by atoms with van der Waals surface area (Å²) >= 11 is 0. The van der Waals surface area contributed by atoms with Gasteiger partial charge in [-0.1, -0.05) is 0 Å². The average Bonchev–Trinajstić information content (AvgIpc) is 3.15. The molecule has 0 amide bonds. The van der Waals surface area contributed by atoms with E-state index in [2.05, 4.69) is 25.7 Å². The molecule has 1 aliphatic rings. The SMILES string of the molecule is CC1=NCN(c2ccc(Nc3nccc(-c4ccc(F)c(C#N)c4)n3)cc2)N1. The molecule has 0 fully saturated rings. The molecule has 0 spiro atoms. The molecule has 28 heavy (non-hydrogen) atoms. The number of anilines is 3. The number of nitrogens with zero attached hydrogens (tertiary/aromatic N) is 5. The molecule has 7 nitrogen and oxygen atoms in total. The van der Waals surface area contributed by atoms with E-state index in [4.69, 9.17) is 5.26 Å². The molecule has 1 aromatic heterocycles. The molecule has 0 saturated carbocycles. The molecule has 0 saturated heterocycles. The predicted molar refractivity (Wildman–Crippen MR) is 105 cm³/mol. The Bertz CT molecular complexity index is 1090. The van der Waals surface area contributed by atoms with Gasteiger partial charge in [0.2, 0.25) is 5.95 Å². The highest BCUT2D eigenvalue weighted by molar-refractivity contribution is 5.83. The van der Waals surface area contributed by atoms with Crippen LogP contribution in [0.15, 0.2) is 59.7 Å². The molecule has 1 aliphatic heterocycles. The Morgan fingerprint density at radius 3 is 2.71 bits per heavy atom. The zero-order valence-electron chi connectivity index (χ0n) is 15.0. The molecule has 0 radical (unpaired) electrons. The van der Waals surface area contributed by atoms with E-state index in [1.807, 2.05) is 42.3 Å². The van der Waals surface area contributed by atoms with Crippen molar-refractivity contribution < 1.29 is 4.39 Å². The van der Waals surface area contributed by atoms with Crippen molar-refractivity contribution in [3.05, 3.63) is 66.1 Å². The number of nitrogens with one attached hydrogen (secondary N) is 2. The fourth-order valence-electron chi connectivity index (χ4n) is 2.79. The number of hydrogen-bond acceptors (Lipinski definition) is 7. The standard InChI is InChI=1S/C20H16FN7/c1-13-24-12-28(27-13)17-5-3-16(4-6-17)25-20-23-9-8-19(26-20)14-2-7-18(21)15(10-14)11-22/h2-10H,12H2,1H3,(H,24,27)(H,23,25,26). The van der Waals surface area contributed by atoms with Crippen LogP contribution in [0, 0.1) is 17.1 Å². The molecular formula is C20H16FN7. The van der Waals surface area contributed by atoms with Gasteiger partial charge in [-0.05, 0) is 55.5 Å². The van der Waals surface area contributed by atoms with Gasteiger partial charge in [-0.25, -0.2) is 19.4 Å². The van der Waals surface area contributed by atoms with Crippen LogP contribution in [0.3, 0.4) is 0 Å². The minimum atomic E-state index is -0.549. The number of aromatic nitrogens is 2. The van der Waals surface area contributed by atoms with Gasteiger partial charge in [0.15, 0.2) is 0 Å². The zero-order valence-corrected chi connectivity index (χ0v) is 15.0. The molecule has 2 aromatic carbocycles. The van der Waals surface area contributed by atoms with Crippen molar-refractivity contribution in [1.82, 2.24) is 15.4 Å². The van der Waals surface area contributed by atoms with Gasteiger partial charge in [0.1, 0.15) is 24.4 Å². The van der Waals surface area contributed by atoms with Crippen LogP contribution in [0.1, 0.15) is 12.5 Å². The summed E-state index contributed by atoms with van der Waals surface area (Å²) < 4.78 is 13.5. The van der Waals surface area contributed by atoms with Crippen LogP contribution in [0.4, 0.5) is 21.7 Å². The molecule has 0 unspecified atom stereocenters.